The first-order valence-corrected chi connectivity index (χ1v) is 6.97. The predicted molar refractivity (Wildman–Crippen MR) is 71.1 cm³/mol. The smallest absolute Gasteiger partial charge is 0.216 e. The van der Waals surface area contributed by atoms with Crippen molar-refractivity contribution in [2.45, 2.75) is 18.6 Å². The molecule has 0 aromatic rings. The molecule has 5 nitrogen and oxygen atoms in total. The molecule has 0 aromatic heterocycles. The van der Waals surface area contributed by atoms with Crippen LogP contribution in [0.2, 0.25) is 0 Å². The van der Waals surface area contributed by atoms with Crippen LogP contribution in [0.4, 0.5) is 0 Å². The number of hydrogen-bond acceptors (Lipinski definition) is 4. The first-order valence-electron chi connectivity index (χ1n) is 5.42. The first-order chi connectivity index (χ1) is 7.56. The molecule has 102 valence electrons. The van der Waals surface area contributed by atoms with Crippen LogP contribution in [0, 0.1) is 0 Å². The average molecular weight is 285 g/mol. The van der Waals surface area contributed by atoms with E-state index in [4.69, 9.17) is 4.74 Å². The lowest BCUT2D eigenvalue weighted by atomic mass is 10.1. The van der Waals surface area contributed by atoms with Crippen LogP contribution in [-0.2, 0) is 14.8 Å². The van der Waals surface area contributed by atoms with Crippen molar-refractivity contribution in [3.8, 4) is 0 Å². The molecule has 2 N–H and O–H groups in total. The molecule has 1 atom stereocenters. The Bertz CT molecular complexity index is 343. The molecule has 1 unspecified atom stereocenters. The van der Waals surface area contributed by atoms with E-state index < -0.39 is 15.3 Å². The Morgan fingerprint density at radius 1 is 1.59 bits per heavy atom. The minimum absolute atomic E-state index is 0. The summed E-state index contributed by atoms with van der Waals surface area (Å²) < 4.78 is 30.9. The van der Waals surface area contributed by atoms with Crippen LogP contribution >= 0.6 is 12.4 Å². The molecular weight excluding hydrogens is 264 g/mol. The summed E-state index contributed by atoms with van der Waals surface area (Å²) in [7, 11) is -1.76. The van der Waals surface area contributed by atoms with E-state index in [-0.39, 0.29) is 19.0 Å². The molecule has 0 fully saturated rings. The third kappa shape index (κ3) is 5.83. The highest BCUT2D eigenvalue weighted by Gasteiger charge is 2.20. The molecule has 0 radical (unpaired) electrons. The standard InChI is InChI=1S/C10H20N2O3S.ClH/c1-9(8-15-2)16(13,14)12-7-10-3-5-11-6-4-10;/h3,9,11-12H,4-8H2,1-2H3;1H. The molecular formula is C10H21ClN2O3S. The summed E-state index contributed by atoms with van der Waals surface area (Å²) in [4.78, 5) is 0. The van der Waals surface area contributed by atoms with E-state index in [1.807, 2.05) is 6.08 Å². The zero-order valence-corrected chi connectivity index (χ0v) is 11.9. The summed E-state index contributed by atoms with van der Waals surface area (Å²) >= 11 is 0. The Labute approximate surface area is 109 Å². The molecule has 1 heterocycles. The van der Waals surface area contributed by atoms with E-state index in [9.17, 15) is 8.42 Å². The van der Waals surface area contributed by atoms with Gasteiger partial charge < -0.3 is 10.1 Å². The van der Waals surface area contributed by atoms with E-state index in [0.29, 0.717) is 6.54 Å². The Morgan fingerprint density at radius 3 is 2.82 bits per heavy atom. The minimum atomic E-state index is -3.26. The van der Waals surface area contributed by atoms with Gasteiger partial charge in [0.05, 0.1) is 11.9 Å². The Hall–Kier alpha value is -0.140. The van der Waals surface area contributed by atoms with Crippen LogP contribution in [0.1, 0.15) is 13.3 Å². The lowest BCUT2D eigenvalue weighted by Gasteiger charge is -2.17. The molecule has 17 heavy (non-hydrogen) atoms. The molecule has 0 aliphatic carbocycles. The third-order valence-corrected chi connectivity index (χ3v) is 4.33. The number of hydrogen-bond donors (Lipinski definition) is 2. The minimum Gasteiger partial charge on any atom is -0.383 e. The zero-order chi connectivity index (χ0) is 12.0. The molecule has 0 saturated heterocycles. The topological polar surface area (TPSA) is 67.4 Å². The van der Waals surface area contributed by atoms with Gasteiger partial charge in [0.1, 0.15) is 0 Å². The highest BCUT2D eigenvalue weighted by Crippen LogP contribution is 2.05. The lowest BCUT2D eigenvalue weighted by molar-refractivity contribution is 0.200. The maximum Gasteiger partial charge on any atom is 0.216 e. The molecule has 0 bridgehead atoms. The Balaban J connectivity index is 0.00000256. The van der Waals surface area contributed by atoms with Crippen LogP contribution < -0.4 is 10.0 Å². The Morgan fingerprint density at radius 2 is 2.29 bits per heavy atom. The molecule has 0 amide bonds. The van der Waals surface area contributed by atoms with Crippen molar-refractivity contribution in [2.75, 3.05) is 33.4 Å². The number of nitrogens with one attached hydrogen (secondary N) is 2. The molecule has 0 saturated carbocycles. The van der Waals surface area contributed by atoms with Gasteiger partial charge in [-0.3, -0.25) is 0 Å². The van der Waals surface area contributed by atoms with Crippen molar-refractivity contribution in [1.29, 1.82) is 0 Å². The summed E-state index contributed by atoms with van der Waals surface area (Å²) in [5, 5.41) is 2.67. The van der Waals surface area contributed by atoms with Gasteiger partial charge >= 0.3 is 0 Å². The lowest BCUT2D eigenvalue weighted by Crippen LogP contribution is -2.37. The van der Waals surface area contributed by atoms with Crippen LogP contribution in [-0.4, -0.2) is 47.0 Å². The van der Waals surface area contributed by atoms with Crippen molar-refractivity contribution in [3.63, 3.8) is 0 Å². The summed E-state index contributed by atoms with van der Waals surface area (Å²) in [5.74, 6) is 0. The summed E-state index contributed by atoms with van der Waals surface area (Å²) in [6.45, 7) is 4.02. The van der Waals surface area contributed by atoms with Crippen molar-refractivity contribution in [3.05, 3.63) is 11.6 Å². The molecule has 0 spiro atoms. The maximum atomic E-state index is 11.7. The molecule has 0 aromatic carbocycles. The fourth-order valence-corrected chi connectivity index (χ4v) is 2.48. The summed E-state index contributed by atoms with van der Waals surface area (Å²) in [6.07, 6.45) is 2.94. The number of rotatable bonds is 6. The molecule has 1 aliphatic heterocycles. The van der Waals surface area contributed by atoms with Crippen LogP contribution in [0.5, 0.6) is 0 Å². The van der Waals surface area contributed by atoms with Gasteiger partial charge in [-0.15, -0.1) is 12.4 Å². The molecule has 1 rings (SSSR count). The largest absolute Gasteiger partial charge is 0.383 e. The van der Waals surface area contributed by atoms with Gasteiger partial charge in [-0.2, -0.15) is 0 Å². The van der Waals surface area contributed by atoms with Gasteiger partial charge in [0, 0.05) is 20.2 Å². The maximum absolute atomic E-state index is 11.7. The van der Waals surface area contributed by atoms with Crippen molar-refractivity contribution in [2.24, 2.45) is 0 Å². The number of sulfonamides is 1. The fourth-order valence-electron chi connectivity index (χ4n) is 1.49. The van der Waals surface area contributed by atoms with E-state index >= 15 is 0 Å². The van der Waals surface area contributed by atoms with Gasteiger partial charge in [0.15, 0.2) is 0 Å². The van der Waals surface area contributed by atoms with Gasteiger partial charge in [-0.05, 0) is 19.9 Å². The SMILES string of the molecule is COCC(C)S(=O)(=O)NCC1=CCNCC1.Cl. The highest BCUT2D eigenvalue weighted by molar-refractivity contribution is 7.90. The predicted octanol–water partition coefficient (Wildman–Crippen LogP) is 0.282. The number of halogens is 1. The summed E-state index contributed by atoms with van der Waals surface area (Å²) in [6, 6.07) is 0. The van der Waals surface area contributed by atoms with Crippen LogP contribution in [0.3, 0.4) is 0 Å². The Kier molecular flexibility index (Phi) is 7.98. The zero-order valence-electron chi connectivity index (χ0n) is 10.2. The van der Waals surface area contributed by atoms with Crippen LogP contribution in [0.25, 0.3) is 0 Å². The van der Waals surface area contributed by atoms with E-state index in [1.54, 1.807) is 6.92 Å². The second-order valence-electron chi connectivity index (χ2n) is 3.95. The van der Waals surface area contributed by atoms with Crippen LogP contribution in [0.15, 0.2) is 11.6 Å². The van der Waals surface area contributed by atoms with Crippen molar-refractivity contribution >= 4 is 22.4 Å². The normalized spacial score (nSPS) is 18.1. The van der Waals surface area contributed by atoms with Gasteiger partial charge in [-0.1, -0.05) is 11.6 Å². The quantitative estimate of drug-likeness (QED) is 0.688. The van der Waals surface area contributed by atoms with E-state index in [2.05, 4.69) is 10.0 Å². The highest BCUT2D eigenvalue weighted by atomic mass is 35.5. The third-order valence-electron chi connectivity index (χ3n) is 2.59. The van der Waals surface area contributed by atoms with Gasteiger partial charge in [-0.25, -0.2) is 13.1 Å². The first kappa shape index (κ1) is 16.9. The monoisotopic (exact) mass is 284 g/mol. The van der Waals surface area contributed by atoms with Crippen molar-refractivity contribution in [1.82, 2.24) is 10.0 Å². The van der Waals surface area contributed by atoms with E-state index in [0.717, 1.165) is 25.1 Å². The second-order valence-corrected chi connectivity index (χ2v) is 6.13. The van der Waals surface area contributed by atoms with Gasteiger partial charge in [0.25, 0.3) is 0 Å². The van der Waals surface area contributed by atoms with Crippen molar-refractivity contribution < 1.29 is 13.2 Å². The summed E-state index contributed by atoms with van der Waals surface area (Å²) in [5.41, 5.74) is 1.15. The molecule has 7 heteroatoms. The average Bonchev–Trinajstić information content (AvgIpc) is 2.28. The van der Waals surface area contributed by atoms with E-state index in [1.165, 1.54) is 7.11 Å². The van der Waals surface area contributed by atoms with Gasteiger partial charge in [0.2, 0.25) is 10.0 Å². The number of methoxy groups -OCH3 is 1. The number of ether oxygens (including phenoxy) is 1. The molecule has 1 aliphatic rings. The fraction of sp³-hybridized carbons (Fsp3) is 0.800. The second kappa shape index (κ2) is 8.05.